The highest BCUT2D eigenvalue weighted by atomic mass is 16.2. The summed E-state index contributed by atoms with van der Waals surface area (Å²) in [4.78, 5) is 25.5. The molecule has 7 nitrogen and oxygen atoms in total. The predicted molar refractivity (Wildman–Crippen MR) is 86.1 cm³/mol. The Bertz CT molecular complexity index is 666. The van der Waals surface area contributed by atoms with Gasteiger partial charge in [-0.05, 0) is 24.5 Å². The Hall–Kier alpha value is -2.70. The van der Waals surface area contributed by atoms with Gasteiger partial charge in [0.15, 0.2) is 5.69 Å². The van der Waals surface area contributed by atoms with Crippen LogP contribution >= 0.6 is 0 Å². The van der Waals surface area contributed by atoms with Crippen molar-refractivity contribution >= 4 is 11.8 Å². The summed E-state index contributed by atoms with van der Waals surface area (Å²) < 4.78 is 0. The smallest absolute Gasteiger partial charge is 0.274 e. The molecule has 1 aromatic carbocycles. The molecule has 2 rings (SSSR count). The first-order valence-corrected chi connectivity index (χ1v) is 7.51. The van der Waals surface area contributed by atoms with Crippen LogP contribution in [-0.2, 0) is 4.79 Å². The Morgan fingerprint density at radius 2 is 1.91 bits per heavy atom. The predicted octanol–water partition coefficient (Wildman–Crippen LogP) is 1.16. The maximum atomic E-state index is 12.3. The zero-order chi connectivity index (χ0) is 16.8. The molecule has 23 heavy (non-hydrogen) atoms. The number of amides is 2. The number of hydrogen-bond donors (Lipinski definition) is 2. The number of nitrogens with zero attached hydrogens (tertiary/aromatic N) is 3. The zero-order valence-electron chi connectivity index (χ0n) is 13.5. The third-order valence-electron chi connectivity index (χ3n) is 3.29. The number of carbonyl (C=O) groups is 2. The Balaban J connectivity index is 2.11. The minimum atomic E-state index is -0.589. The lowest BCUT2D eigenvalue weighted by molar-refractivity contribution is -0.122. The lowest BCUT2D eigenvalue weighted by atomic mass is 10.0. The Labute approximate surface area is 135 Å². The molecule has 7 heteroatoms. The van der Waals surface area contributed by atoms with Crippen LogP contribution < -0.4 is 10.6 Å². The van der Waals surface area contributed by atoms with Gasteiger partial charge in [0.05, 0.1) is 11.9 Å². The number of hydrogen-bond acceptors (Lipinski definition) is 4. The molecule has 0 spiro atoms. The highest BCUT2D eigenvalue weighted by molar-refractivity contribution is 5.95. The molecule has 1 heterocycles. The normalized spacial score (nSPS) is 12.0. The number of benzene rings is 1. The van der Waals surface area contributed by atoms with Crippen LogP contribution in [0.3, 0.4) is 0 Å². The second-order valence-electron chi connectivity index (χ2n) is 5.62. The van der Waals surface area contributed by atoms with E-state index in [0.29, 0.717) is 6.42 Å². The average Bonchev–Trinajstić information content (AvgIpc) is 3.04. The largest absolute Gasteiger partial charge is 0.357 e. The summed E-state index contributed by atoms with van der Waals surface area (Å²) in [5.74, 6) is -0.360. The molecule has 2 N–H and O–H groups in total. The van der Waals surface area contributed by atoms with Gasteiger partial charge in [0.2, 0.25) is 5.91 Å². The molecule has 1 unspecified atom stereocenters. The van der Waals surface area contributed by atoms with Crippen LogP contribution in [-0.4, -0.2) is 39.9 Å². The molecular weight excluding hydrogens is 294 g/mol. The summed E-state index contributed by atoms with van der Waals surface area (Å²) in [6.07, 6.45) is 1.94. The van der Waals surface area contributed by atoms with Gasteiger partial charge in [0, 0.05) is 7.05 Å². The molecule has 122 valence electrons. The van der Waals surface area contributed by atoms with Crippen molar-refractivity contribution in [3.05, 3.63) is 42.2 Å². The van der Waals surface area contributed by atoms with E-state index < -0.39 is 11.9 Å². The van der Waals surface area contributed by atoms with E-state index in [1.54, 1.807) is 7.05 Å². The van der Waals surface area contributed by atoms with E-state index in [2.05, 4.69) is 20.8 Å². The fraction of sp³-hybridized carbons (Fsp3) is 0.375. The monoisotopic (exact) mass is 315 g/mol. The van der Waals surface area contributed by atoms with Crippen molar-refractivity contribution in [2.45, 2.75) is 26.3 Å². The van der Waals surface area contributed by atoms with Gasteiger partial charge in [-0.1, -0.05) is 32.0 Å². The van der Waals surface area contributed by atoms with Gasteiger partial charge in [-0.3, -0.25) is 9.59 Å². The van der Waals surface area contributed by atoms with Gasteiger partial charge < -0.3 is 10.6 Å². The lowest BCUT2D eigenvalue weighted by Crippen LogP contribution is -2.46. The summed E-state index contributed by atoms with van der Waals surface area (Å²) >= 11 is 0. The Kier molecular flexibility index (Phi) is 5.46. The summed E-state index contributed by atoms with van der Waals surface area (Å²) in [6.45, 7) is 3.99. The molecule has 0 aliphatic heterocycles. The second-order valence-corrected chi connectivity index (χ2v) is 5.62. The summed E-state index contributed by atoms with van der Waals surface area (Å²) in [7, 11) is 1.55. The van der Waals surface area contributed by atoms with E-state index >= 15 is 0 Å². The van der Waals surface area contributed by atoms with E-state index in [4.69, 9.17) is 0 Å². The number of para-hydroxylation sites is 1. The molecule has 0 saturated heterocycles. The van der Waals surface area contributed by atoms with E-state index in [0.717, 1.165) is 5.69 Å². The maximum absolute atomic E-state index is 12.3. The van der Waals surface area contributed by atoms with Crippen molar-refractivity contribution in [2.75, 3.05) is 7.05 Å². The first-order valence-electron chi connectivity index (χ1n) is 7.51. The van der Waals surface area contributed by atoms with Crippen molar-refractivity contribution < 1.29 is 9.59 Å². The highest BCUT2D eigenvalue weighted by Gasteiger charge is 2.23. The molecule has 2 aromatic rings. The molecule has 0 aliphatic carbocycles. The van der Waals surface area contributed by atoms with E-state index in [1.165, 1.54) is 11.0 Å². The van der Waals surface area contributed by atoms with Gasteiger partial charge in [-0.2, -0.15) is 9.90 Å². The fourth-order valence-corrected chi connectivity index (χ4v) is 2.16. The van der Waals surface area contributed by atoms with Gasteiger partial charge in [0.25, 0.3) is 5.91 Å². The first kappa shape index (κ1) is 16.7. The van der Waals surface area contributed by atoms with Crippen LogP contribution in [0.1, 0.15) is 30.8 Å². The third kappa shape index (κ3) is 4.38. The number of carbonyl (C=O) groups excluding carboxylic acids is 2. The third-order valence-corrected chi connectivity index (χ3v) is 3.29. The first-order chi connectivity index (χ1) is 11.0. The zero-order valence-corrected chi connectivity index (χ0v) is 13.5. The molecule has 0 fully saturated rings. The molecule has 0 bridgehead atoms. The van der Waals surface area contributed by atoms with Crippen LogP contribution in [0, 0.1) is 5.92 Å². The molecule has 0 saturated carbocycles. The van der Waals surface area contributed by atoms with Gasteiger partial charge in [0.1, 0.15) is 6.04 Å². The minimum Gasteiger partial charge on any atom is -0.357 e. The SMILES string of the molecule is CNC(=O)C(CC(C)C)NC(=O)c1cnn(-c2ccccc2)n1. The van der Waals surface area contributed by atoms with Crippen LogP contribution in [0.4, 0.5) is 0 Å². The van der Waals surface area contributed by atoms with Crippen molar-refractivity contribution in [1.82, 2.24) is 25.6 Å². The van der Waals surface area contributed by atoms with Crippen LogP contribution in [0.2, 0.25) is 0 Å². The van der Waals surface area contributed by atoms with Crippen molar-refractivity contribution in [1.29, 1.82) is 0 Å². The maximum Gasteiger partial charge on any atom is 0.274 e. The van der Waals surface area contributed by atoms with E-state index in [1.807, 2.05) is 44.2 Å². The number of rotatable bonds is 6. The number of nitrogens with one attached hydrogen (secondary N) is 2. The van der Waals surface area contributed by atoms with Crippen LogP contribution in [0.15, 0.2) is 36.5 Å². The van der Waals surface area contributed by atoms with E-state index in [9.17, 15) is 9.59 Å². The standard InChI is InChI=1S/C16H21N5O2/c1-11(2)9-13(15(22)17-3)19-16(23)14-10-18-21(20-14)12-7-5-4-6-8-12/h4-8,10-11,13H,9H2,1-3H3,(H,17,22)(H,19,23). The molecule has 1 atom stereocenters. The summed E-state index contributed by atoms with van der Waals surface area (Å²) in [5, 5.41) is 13.5. The quantitative estimate of drug-likeness (QED) is 0.837. The highest BCUT2D eigenvalue weighted by Crippen LogP contribution is 2.07. The minimum absolute atomic E-state index is 0.173. The molecular formula is C16H21N5O2. The number of likely N-dealkylation sites (N-methyl/N-ethyl adjacent to an activating group) is 1. The Morgan fingerprint density at radius 3 is 2.52 bits per heavy atom. The van der Waals surface area contributed by atoms with Crippen molar-refractivity contribution in [3.8, 4) is 5.69 Å². The van der Waals surface area contributed by atoms with Gasteiger partial charge in [-0.25, -0.2) is 0 Å². The molecule has 0 aliphatic rings. The number of aromatic nitrogens is 3. The van der Waals surface area contributed by atoms with Crippen molar-refractivity contribution in [2.24, 2.45) is 5.92 Å². The van der Waals surface area contributed by atoms with E-state index in [-0.39, 0.29) is 17.5 Å². The average molecular weight is 315 g/mol. The summed E-state index contributed by atoms with van der Waals surface area (Å²) in [5.41, 5.74) is 0.933. The molecule has 2 amide bonds. The van der Waals surface area contributed by atoms with Gasteiger partial charge in [-0.15, -0.1) is 5.10 Å². The van der Waals surface area contributed by atoms with Crippen molar-refractivity contribution in [3.63, 3.8) is 0 Å². The lowest BCUT2D eigenvalue weighted by Gasteiger charge is -2.18. The topological polar surface area (TPSA) is 88.9 Å². The fourth-order valence-electron chi connectivity index (χ4n) is 2.16. The van der Waals surface area contributed by atoms with Gasteiger partial charge >= 0.3 is 0 Å². The molecule has 0 radical (unpaired) electrons. The second kappa shape index (κ2) is 7.53. The van der Waals surface area contributed by atoms with Crippen LogP contribution in [0.5, 0.6) is 0 Å². The molecule has 1 aromatic heterocycles. The summed E-state index contributed by atoms with van der Waals surface area (Å²) in [6, 6.07) is 8.71. The van der Waals surface area contributed by atoms with Crippen LogP contribution in [0.25, 0.3) is 5.69 Å². The Morgan fingerprint density at radius 1 is 1.22 bits per heavy atom.